The molecule has 1 aliphatic heterocycles. The molecule has 0 radical (unpaired) electrons. The minimum Gasteiger partial charge on any atom is -0.372 e. The van der Waals surface area contributed by atoms with Crippen LogP contribution in [0.3, 0.4) is 0 Å². The summed E-state index contributed by atoms with van der Waals surface area (Å²) in [6, 6.07) is 12.7. The van der Waals surface area contributed by atoms with Gasteiger partial charge in [-0.15, -0.1) is 24.0 Å². The van der Waals surface area contributed by atoms with Crippen molar-refractivity contribution in [2.45, 2.75) is 39.3 Å². The third-order valence-electron chi connectivity index (χ3n) is 4.75. The average Bonchev–Trinajstić information content (AvgIpc) is 3.22. The van der Waals surface area contributed by atoms with Crippen molar-refractivity contribution >= 4 is 47.2 Å². The minimum atomic E-state index is 0. The van der Waals surface area contributed by atoms with Crippen LogP contribution in [0, 0.1) is 0 Å². The summed E-state index contributed by atoms with van der Waals surface area (Å²) in [4.78, 5) is 11.3. The van der Waals surface area contributed by atoms with Gasteiger partial charge in [0.05, 0.1) is 12.6 Å². The van der Waals surface area contributed by atoms with Gasteiger partial charge in [-0.05, 0) is 56.0 Å². The second-order valence-electron chi connectivity index (χ2n) is 6.84. The first-order valence-electron chi connectivity index (χ1n) is 9.66. The Morgan fingerprint density at radius 1 is 1.25 bits per heavy atom. The van der Waals surface area contributed by atoms with Crippen molar-refractivity contribution in [2.24, 2.45) is 4.99 Å². The maximum atomic E-state index is 5.85. The molecule has 0 bridgehead atoms. The van der Waals surface area contributed by atoms with E-state index in [1.165, 1.54) is 24.1 Å². The second-order valence-corrected chi connectivity index (χ2v) is 7.23. The van der Waals surface area contributed by atoms with E-state index in [9.17, 15) is 0 Å². The van der Waals surface area contributed by atoms with E-state index in [0.717, 1.165) is 31.2 Å². The number of hydrogen-bond donors (Lipinski definition) is 2. The van der Waals surface area contributed by atoms with Gasteiger partial charge in [-0.2, -0.15) is 0 Å². The van der Waals surface area contributed by atoms with E-state index in [1.807, 2.05) is 6.07 Å². The fourth-order valence-electron chi connectivity index (χ4n) is 3.24. The van der Waals surface area contributed by atoms with Gasteiger partial charge in [-0.25, -0.2) is 9.98 Å². The summed E-state index contributed by atoms with van der Waals surface area (Å²) in [6.45, 7) is 7.92. The number of rotatable bonds is 6. The van der Waals surface area contributed by atoms with Gasteiger partial charge in [-0.3, -0.25) is 0 Å². The highest BCUT2D eigenvalue weighted by Crippen LogP contribution is 2.24. The summed E-state index contributed by atoms with van der Waals surface area (Å²) in [7, 11) is 0. The van der Waals surface area contributed by atoms with Crippen LogP contribution in [0.15, 0.2) is 47.6 Å². The van der Waals surface area contributed by atoms with Gasteiger partial charge < -0.3 is 15.5 Å². The van der Waals surface area contributed by atoms with Gasteiger partial charge in [-0.1, -0.05) is 29.8 Å². The zero-order valence-electron chi connectivity index (χ0n) is 16.5. The van der Waals surface area contributed by atoms with Gasteiger partial charge in [0.15, 0.2) is 5.96 Å². The number of nitrogens with zero attached hydrogens (tertiary/aromatic N) is 3. The largest absolute Gasteiger partial charge is 0.372 e. The summed E-state index contributed by atoms with van der Waals surface area (Å²) in [5.74, 6) is 0.798. The maximum absolute atomic E-state index is 5.85. The third kappa shape index (κ3) is 6.51. The Labute approximate surface area is 190 Å². The SMILES string of the molecule is CCNC(=NCc1ccc(Cl)nc1)NC(C)c1cccc(N2CCCC2)c1.I. The predicted octanol–water partition coefficient (Wildman–Crippen LogP) is 4.77. The van der Waals surface area contributed by atoms with Gasteiger partial charge in [0.2, 0.25) is 0 Å². The highest BCUT2D eigenvalue weighted by molar-refractivity contribution is 14.0. The number of pyridine rings is 1. The van der Waals surface area contributed by atoms with E-state index in [4.69, 9.17) is 11.6 Å². The van der Waals surface area contributed by atoms with Crippen LogP contribution in [-0.4, -0.2) is 30.6 Å². The second kappa shape index (κ2) is 11.5. The molecule has 5 nitrogen and oxygen atoms in total. The Hall–Kier alpha value is -1.54. The molecule has 1 aromatic heterocycles. The Bertz CT molecular complexity index is 760. The summed E-state index contributed by atoms with van der Waals surface area (Å²) in [6.07, 6.45) is 4.34. The minimum absolute atomic E-state index is 0. The van der Waals surface area contributed by atoms with Crippen LogP contribution in [-0.2, 0) is 6.54 Å². The lowest BCUT2D eigenvalue weighted by atomic mass is 10.1. The van der Waals surface area contributed by atoms with E-state index in [-0.39, 0.29) is 30.0 Å². The molecule has 1 aromatic carbocycles. The van der Waals surface area contributed by atoms with Crippen molar-refractivity contribution in [3.05, 3.63) is 58.9 Å². The van der Waals surface area contributed by atoms with Crippen molar-refractivity contribution in [2.75, 3.05) is 24.5 Å². The molecule has 0 amide bonds. The van der Waals surface area contributed by atoms with Crippen LogP contribution in [0.25, 0.3) is 0 Å². The van der Waals surface area contributed by atoms with Crippen molar-refractivity contribution in [3.63, 3.8) is 0 Å². The van der Waals surface area contributed by atoms with Gasteiger partial charge in [0, 0.05) is 31.5 Å². The Morgan fingerprint density at radius 3 is 2.71 bits per heavy atom. The number of benzene rings is 1. The van der Waals surface area contributed by atoms with Crippen molar-refractivity contribution in [1.29, 1.82) is 0 Å². The third-order valence-corrected chi connectivity index (χ3v) is 4.97. The summed E-state index contributed by atoms with van der Waals surface area (Å²) >= 11 is 5.85. The lowest BCUT2D eigenvalue weighted by Crippen LogP contribution is -2.38. The number of aliphatic imine (C=N–C) groups is 1. The molecule has 1 saturated heterocycles. The number of guanidine groups is 1. The molecule has 1 aliphatic rings. The van der Waals surface area contributed by atoms with Gasteiger partial charge in [0.25, 0.3) is 0 Å². The molecule has 0 aliphatic carbocycles. The Kier molecular flexibility index (Phi) is 9.31. The molecule has 2 aromatic rings. The van der Waals surface area contributed by atoms with Crippen LogP contribution >= 0.6 is 35.6 Å². The van der Waals surface area contributed by atoms with Crippen molar-refractivity contribution in [3.8, 4) is 0 Å². The van der Waals surface area contributed by atoms with Crippen LogP contribution < -0.4 is 15.5 Å². The molecule has 2 N–H and O–H groups in total. The lowest BCUT2D eigenvalue weighted by molar-refractivity contribution is 0.686. The molecule has 2 heterocycles. The molecular weight excluding hydrogens is 485 g/mol. The highest BCUT2D eigenvalue weighted by atomic mass is 127. The maximum Gasteiger partial charge on any atom is 0.192 e. The Morgan fingerprint density at radius 2 is 2.04 bits per heavy atom. The molecule has 0 saturated carbocycles. The topological polar surface area (TPSA) is 52.6 Å². The Balaban J connectivity index is 0.00000280. The van der Waals surface area contributed by atoms with E-state index in [0.29, 0.717) is 11.7 Å². The first-order valence-corrected chi connectivity index (χ1v) is 10.0. The standard InChI is InChI=1S/C21H28ClN5.HI/c1-3-23-21(25-15-17-9-10-20(22)24-14-17)26-16(2)18-7-6-8-19(13-18)27-11-4-5-12-27;/h6-10,13-14,16H,3-5,11-12,15H2,1-2H3,(H2,23,25,26);1H. The molecule has 0 spiro atoms. The molecule has 152 valence electrons. The molecular formula is C21H29ClIN5. The summed E-state index contributed by atoms with van der Waals surface area (Å²) in [5, 5.41) is 7.32. The van der Waals surface area contributed by atoms with E-state index in [2.05, 4.69) is 63.6 Å². The first kappa shape index (κ1) is 22.7. The number of anilines is 1. The fraction of sp³-hybridized carbons (Fsp3) is 0.429. The molecule has 1 atom stereocenters. The van der Waals surface area contributed by atoms with Crippen LogP contribution in [0.5, 0.6) is 0 Å². The molecule has 28 heavy (non-hydrogen) atoms. The predicted molar refractivity (Wildman–Crippen MR) is 129 cm³/mol. The zero-order chi connectivity index (χ0) is 19.1. The smallest absolute Gasteiger partial charge is 0.192 e. The van der Waals surface area contributed by atoms with Crippen LogP contribution in [0.2, 0.25) is 5.15 Å². The van der Waals surface area contributed by atoms with Gasteiger partial charge in [0.1, 0.15) is 5.15 Å². The fourth-order valence-corrected chi connectivity index (χ4v) is 3.36. The van der Waals surface area contributed by atoms with Crippen molar-refractivity contribution < 1.29 is 0 Å². The molecule has 7 heteroatoms. The average molecular weight is 514 g/mol. The van der Waals surface area contributed by atoms with Crippen LogP contribution in [0.4, 0.5) is 5.69 Å². The highest BCUT2D eigenvalue weighted by Gasteiger charge is 2.14. The van der Waals surface area contributed by atoms with E-state index < -0.39 is 0 Å². The number of nitrogens with one attached hydrogen (secondary N) is 2. The number of halogens is 2. The first-order chi connectivity index (χ1) is 13.2. The molecule has 1 unspecified atom stereocenters. The summed E-state index contributed by atoms with van der Waals surface area (Å²) in [5.41, 5.74) is 3.60. The number of hydrogen-bond acceptors (Lipinski definition) is 3. The monoisotopic (exact) mass is 513 g/mol. The summed E-state index contributed by atoms with van der Waals surface area (Å²) < 4.78 is 0. The van der Waals surface area contributed by atoms with Crippen LogP contribution in [0.1, 0.15) is 43.9 Å². The molecule has 1 fully saturated rings. The van der Waals surface area contributed by atoms with Crippen molar-refractivity contribution in [1.82, 2.24) is 15.6 Å². The zero-order valence-corrected chi connectivity index (χ0v) is 19.6. The van der Waals surface area contributed by atoms with E-state index >= 15 is 0 Å². The quantitative estimate of drug-likeness (QED) is 0.253. The number of aromatic nitrogens is 1. The molecule has 3 rings (SSSR count). The lowest BCUT2D eigenvalue weighted by Gasteiger charge is -2.22. The van der Waals surface area contributed by atoms with Gasteiger partial charge >= 0.3 is 0 Å². The normalized spacial score (nSPS) is 15.1. The van der Waals surface area contributed by atoms with E-state index in [1.54, 1.807) is 12.3 Å².